The molecule has 3 aromatic carbocycles. The Bertz CT molecular complexity index is 1030. The third-order valence-corrected chi connectivity index (χ3v) is 5.50. The molecule has 2 N–H and O–H groups in total. The van der Waals surface area contributed by atoms with Crippen LogP contribution in [0.4, 0.5) is 5.69 Å². The highest BCUT2D eigenvalue weighted by molar-refractivity contribution is 6.00. The highest BCUT2D eigenvalue weighted by Gasteiger charge is 2.06. The largest absolute Gasteiger partial charge is 0.494 e. The van der Waals surface area contributed by atoms with Crippen molar-refractivity contribution in [2.45, 2.75) is 45.4 Å². The lowest BCUT2D eigenvalue weighted by Crippen LogP contribution is -2.12. The third-order valence-electron chi connectivity index (χ3n) is 5.50. The second-order valence-corrected chi connectivity index (χ2v) is 8.10. The number of amides is 1. The minimum absolute atomic E-state index is 0.0541. The number of carbonyl (C=O) groups is 1. The van der Waals surface area contributed by atoms with E-state index in [2.05, 4.69) is 40.8 Å². The number of rotatable bonds is 12. The van der Waals surface area contributed by atoms with Crippen molar-refractivity contribution in [1.82, 2.24) is 0 Å². The van der Waals surface area contributed by atoms with Gasteiger partial charge in [0.1, 0.15) is 5.75 Å². The van der Waals surface area contributed by atoms with Crippen LogP contribution in [0.3, 0.4) is 0 Å². The molecule has 0 aromatic heterocycles. The first-order chi connectivity index (χ1) is 16.1. The van der Waals surface area contributed by atoms with E-state index in [1.807, 2.05) is 42.5 Å². The van der Waals surface area contributed by atoms with Gasteiger partial charge < -0.3 is 15.3 Å². The van der Waals surface area contributed by atoms with Crippen LogP contribution >= 0.6 is 0 Å². The molecule has 5 heteroatoms. The lowest BCUT2D eigenvalue weighted by molar-refractivity contribution is -0.116. The van der Waals surface area contributed by atoms with Crippen molar-refractivity contribution in [3.05, 3.63) is 95.6 Å². The van der Waals surface area contributed by atoms with Crippen molar-refractivity contribution < 1.29 is 14.7 Å². The van der Waals surface area contributed by atoms with Gasteiger partial charge in [-0.25, -0.2) is 0 Å². The summed E-state index contributed by atoms with van der Waals surface area (Å²) in [6, 6.07) is 25.8. The number of ether oxygens (including phenoxy) is 1. The van der Waals surface area contributed by atoms with E-state index in [1.165, 1.54) is 12.0 Å². The normalized spacial score (nSPS) is 11.2. The Morgan fingerprint density at radius 3 is 2.39 bits per heavy atom. The first-order valence-electron chi connectivity index (χ1n) is 11.5. The number of oxime groups is 1. The first kappa shape index (κ1) is 24.1. The summed E-state index contributed by atoms with van der Waals surface area (Å²) in [6.45, 7) is 2.43. The van der Waals surface area contributed by atoms with Gasteiger partial charge in [0.2, 0.25) is 5.91 Å². The van der Waals surface area contributed by atoms with Gasteiger partial charge in [-0.05, 0) is 74.4 Å². The molecule has 0 aliphatic heterocycles. The van der Waals surface area contributed by atoms with Gasteiger partial charge in [0.25, 0.3) is 0 Å². The number of hydrogen-bond acceptors (Lipinski definition) is 4. The molecule has 0 atom stereocenters. The number of unbranched alkanes of at least 4 members (excludes halogenated alkanes) is 2. The zero-order chi connectivity index (χ0) is 23.3. The van der Waals surface area contributed by atoms with Crippen LogP contribution in [-0.2, 0) is 17.6 Å². The van der Waals surface area contributed by atoms with Gasteiger partial charge in [-0.1, -0.05) is 59.8 Å². The zero-order valence-corrected chi connectivity index (χ0v) is 19.2. The standard InChI is InChI=1S/C28H32N2O3/c1-22(30-32)25-12-8-13-26(21-25)29-28(31)19-16-24-14-17-27(18-15-24)33-20-7-3-6-11-23-9-4-2-5-10-23/h2,4-5,8-10,12-15,17-18,21,32H,3,6-7,11,16,19-20H2,1H3,(H,29,31). The second-order valence-electron chi connectivity index (χ2n) is 8.10. The van der Waals surface area contributed by atoms with Crippen LogP contribution in [0.5, 0.6) is 5.75 Å². The average molecular weight is 445 g/mol. The van der Waals surface area contributed by atoms with Crippen molar-refractivity contribution in [2.75, 3.05) is 11.9 Å². The van der Waals surface area contributed by atoms with Gasteiger partial charge >= 0.3 is 0 Å². The van der Waals surface area contributed by atoms with Crippen molar-refractivity contribution in [3.63, 3.8) is 0 Å². The summed E-state index contributed by atoms with van der Waals surface area (Å²) in [7, 11) is 0. The second kappa shape index (κ2) is 13.1. The molecule has 0 unspecified atom stereocenters. The van der Waals surface area contributed by atoms with Crippen LogP contribution in [-0.4, -0.2) is 23.4 Å². The highest BCUT2D eigenvalue weighted by Crippen LogP contribution is 2.16. The lowest BCUT2D eigenvalue weighted by Gasteiger charge is -2.09. The van der Waals surface area contributed by atoms with Gasteiger partial charge in [-0.3, -0.25) is 4.79 Å². The fraction of sp³-hybridized carbons (Fsp3) is 0.286. The predicted octanol–water partition coefficient (Wildman–Crippen LogP) is 6.25. The van der Waals surface area contributed by atoms with Crippen LogP contribution in [0, 0.1) is 0 Å². The van der Waals surface area contributed by atoms with Crippen LogP contribution < -0.4 is 10.1 Å². The SMILES string of the molecule is CC(=NO)c1cccc(NC(=O)CCc2ccc(OCCCCCc3ccccc3)cc2)c1. The van der Waals surface area contributed by atoms with E-state index in [-0.39, 0.29) is 5.91 Å². The number of nitrogens with one attached hydrogen (secondary N) is 1. The lowest BCUT2D eigenvalue weighted by atomic mass is 10.1. The molecular formula is C28H32N2O3. The molecule has 172 valence electrons. The molecule has 5 nitrogen and oxygen atoms in total. The van der Waals surface area contributed by atoms with Crippen molar-refractivity contribution >= 4 is 17.3 Å². The Balaban J connectivity index is 1.33. The summed E-state index contributed by atoms with van der Waals surface area (Å²) in [4.78, 5) is 12.3. The highest BCUT2D eigenvalue weighted by atomic mass is 16.5. The molecule has 1 amide bonds. The zero-order valence-electron chi connectivity index (χ0n) is 19.2. The van der Waals surface area contributed by atoms with E-state index in [4.69, 9.17) is 9.94 Å². The maximum absolute atomic E-state index is 12.3. The van der Waals surface area contributed by atoms with E-state index in [0.717, 1.165) is 42.7 Å². The van der Waals surface area contributed by atoms with Gasteiger partial charge in [0, 0.05) is 17.7 Å². The molecular weight excluding hydrogens is 412 g/mol. The van der Waals surface area contributed by atoms with E-state index < -0.39 is 0 Å². The molecule has 33 heavy (non-hydrogen) atoms. The number of benzene rings is 3. The third kappa shape index (κ3) is 8.45. The molecule has 0 spiro atoms. The molecule has 0 fully saturated rings. The monoisotopic (exact) mass is 444 g/mol. The topological polar surface area (TPSA) is 70.9 Å². The van der Waals surface area contributed by atoms with E-state index in [0.29, 0.717) is 24.2 Å². The van der Waals surface area contributed by atoms with Crippen molar-refractivity contribution in [3.8, 4) is 5.75 Å². The molecule has 0 saturated heterocycles. The maximum Gasteiger partial charge on any atom is 0.224 e. The Labute approximate surface area is 196 Å². The summed E-state index contributed by atoms with van der Waals surface area (Å²) in [6.07, 6.45) is 5.52. The number of hydrogen-bond donors (Lipinski definition) is 2. The summed E-state index contributed by atoms with van der Waals surface area (Å²) in [5, 5.41) is 15.0. The summed E-state index contributed by atoms with van der Waals surface area (Å²) < 4.78 is 5.85. The summed E-state index contributed by atoms with van der Waals surface area (Å²) in [5.41, 5.74) is 4.44. The molecule has 0 aliphatic rings. The van der Waals surface area contributed by atoms with Crippen LogP contribution in [0.1, 0.15) is 49.3 Å². The number of nitrogens with zero attached hydrogens (tertiary/aromatic N) is 1. The summed E-state index contributed by atoms with van der Waals surface area (Å²) >= 11 is 0. The summed E-state index contributed by atoms with van der Waals surface area (Å²) in [5.74, 6) is 0.811. The fourth-order valence-electron chi connectivity index (χ4n) is 3.56. The Hall–Kier alpha value is -3.60. The van der Waals surface area contributed by atoms with Crippen LogP contribution in [0.2, 0.25) is 0 Å². The minimum Gasteiger partial charge on any atom is -0.494 e. The van der Waals surface area contributed by atoms with E-state index in [9.17, 15) is 4.79 Å². The quantitative estimate of drug-likeness (QED) is 0.150. The molecule has 0 bridgehead atoms. The number of carbonyl (C=O) groups excluding carboxylic acids is 1. The minimum atomic E-state index is -0.0541. The van der Waals surface area contributed by atoms with E-state index in [1.54, 1.807) is 13.0 Å². The smallest absolute Gasteiger partial charge is 0.224 e. The number of aryl methyl sites for hydroxylation is 2. The van der Waals surface area contributed by atoms with Gasteiger partial charge in [0.15, 0.2) is 0 Å². The molecule has 0 saturated carbocycles. The maximum atomic E-state index is 12.3. The van der Waals surface area contributed by atoms with Crippen LogP contribution in [0.25, 0.3) is 0 Å². The van der Waals surface area contributed by atoms with Gasteiger partial charge in [-0.2, -0.15) is 0 Å². The first-order valence-corrected chi connectivity index (χ1v) is 11.5. The Morgan fingerprint density at radius 2 is 1.64 bits per heavy atom. The molecule has 3 aromatic rings. The predicted molar refractivity (Wildman–Crippen MR) is 133 cm³/mol. The molecule has 0 aliphatic carbocycles. The number of anilines is 1. The average Bonchev–Trinajstić information content (AvgIpc) is 2.86. The van der Waals surface area contributed by atoms with E-state index >= 15 is 0 Å². The van der Waals surface area contributed by atoms with Crippen LogP contribution in [0.15, 0.2) is 84.0 Å². The van der Waals surface area contributed by atoms with Crippen molar-refractivity contribution in [2.24, 2.45) is 5.16 Å². The molecule has 3 rings (SSSR count). The van der Waals surface area contributed by atoms with Crippen molar-refractivity contribution in [1.29, 1.82) is 0 Å². The van der Waals surface area contributed by atoms with Gasteiger partial charge in [-0.15, -0.1) is 0 Å². The molecule has 0 heterocycles. The Morgan fingerprint density at radius 1 is 0.879 bits per heavy atom. The van der Waals surface area contributed by atoms with Gasteiger partial charge in [0.05, 0.1) is 12.3 Å². The Kier molecular flexibility index (Phi) is 9.52. The molecule has 0 radical (unpaired) electrons. The fourth-order valence-corrected chi connectivity index (χ4v) is 3.56.